The minimum atomic E-state index is -0.513. The van der Waals surface area contributed by atoms with Crippen LogP contribution in [0.2, 0.25) is 5.02 Å². The van der Waals surface area contributed by atoms with Crippen molar-refractivity contribution in [3.8, 4) is 6.07 Å². The summed E-state index contributed by atoms with van der Waals surface area (Å²) in [6.07, 6.45) is 0.220. The van der Waals surface area contributed by atoms with Gasteiger partial charge >= 0.3 is 6.03 Å². The van der Waals surface area contributed by atoms with Crippen LogP contribution in [0.5, 0.6) is 0 Å². The molecule has 6 heteroatoms. The highest BCUT2D eigenvalue weighted by atomic mass is 35.5. The van der Waals surface area contributed by atoms with E-state index in [0.717, 1.165) is 5.56 Å². The normalized spacial score (nSPS) is 15.3. The number of hydrogen-bond acceptors (Lipinski definition) is 3. The van der Waals surface area contributed by atoms with E-state index in [0.29, 0.717) is 11.3 Å². The molecule has 0 saturated carbocycles. The predicted octanol–water partition coefficient (Wildman–Crippen LogP) is 1.97. The van der Waals surface area contributed by atoms with Gasteiger partial charge in [-0.1, -0.05) is 17.7 Å². The van der Waals surface area contributed by atoms with Crippen molar-refractivity contribution in [3.63, 3.8) is 0 Å². The van der Waals surface area contributed by atoms with Gasteiger partial charge in [-0.05, 0) is 18.6 Å². The lowest BCUT2D eigenvalue weighted by atomic mass is 10.1. The van der Waals surface area contributed by atoms with Crippen molar-refractivity contribution in [2.24, 2.45) is 0 Å². The van der Waals surface area contributed by atoms with E-state index in [-0.39, 0.29) is 23.9 Å². The zero-order valence-corrected chi connectivity index (χ0v) is 10.4. The molecular formula is C12H10ClN3O2. The van der Waals surface area contributed by atoms with E-state index in [1.54, 1.807) is 19.1 Å². The SMILES string of the molecule is Cc1ccc(N2CCC(=O)NC2=O)c(Cl)c1C#N. The molecule has 1 aliphatic rings. The van der Waals surface area contributed by atoms with Crippen LogP contribution in [0.4, 0.5) is 10.5 Å². The highest BCUT2D eigenvalue weighted by Crippen LogP contribution is 2.31. The van der Waals surface area contributed by atoms with Gasteiger partial charge < -0.3 is 0 Å². The Morgan fingerprint density at radius 3 is 2.78 bits per heavy atom. The zero-order chi connectivity index (χ0) is 13.3. The quantitative estimate of drug-likeness (QED) is 0.842. The van der Waals surface area contributed by atoms with Gasteiger partial charge in [-0.3, -0.25) is 15.0 Å². The molecule has 1 heterocycles. The van der Waals surface area contributed by atoms with Crippen LogP contribution >= 0.6 is 11.6 Å². The maximum Gasteiger partial charge on any atom is 0.328 e. The molecule has 1 aromatic rings. The molecule has 1 saturated heterocycles. The number of aryl methyl sites for hydroxylation is 1. The first-order chi connectivity index (χ1) is 8.54. The molecular weight excluding hydrogens is 254 g/mol. The molecule has 0 aromatic heterocycles. The molecule has 18 heavy (non-hydrogen) atoms. The second-order valence-electron chi connectivity index (χ2n) is 3.96. The van der Waals surface area contributed by atoms with Gasteiger partial charge in [-0.25, -0.2) is 4.79 Å². The third-order valence-electron chi connectivity index (χ3n) is 2.79. The van der Waals surface area contributed by atoms with Gasteiger partial charge in [0.15, 0.2) is 0 Å². The van der Waals surface area contributed by atoms with Crippen molar-refractivity contribution in [1.82, 2.24) is 5.32 Å². The number of carbonyl (C=O) groups excluding carboxylic acids is 2. The topological polar surface area (TPSA) is 73.2 Å². The number of benzene rings is 1. The lowest BCUT2D eigenvalue weighted by Crippen LogP contribution is -2.49. The van der Waals surface area contributed by atoms with Crippen molar-refractivity contribution in [2.75, 3.05) is 11.4 Å². The molecule has 0 bridgehead atoms. The molecule has 1 fully saturated rings. The van der Waals surface area contributed by atoms with Crippen LogP contribution in [0.15, 0.2) is 12.1 Å². The van der Waals surface area contributed by atoms with Crippen LogP contribution < -0.4 is 10.2 Å². The maximum atomic E-state index is 11.7. The highest BCUT2D eigenvalue weighted by molar-refractivity contribution is 6.35. The third-order valence-corrected chi connectivity index (χ3v) is 3.17. The number of amides is 3. The van der Waals surface area contributed by atoms with Gasteiger partial charge in [0.25, 0.3) is 0 Å². The van der Waals surface area contributed by atoms with Crippen molar-refractivity contribution in [3.05, 3.63) is 28.3 Å². The number of nitriles is 1. The lowest BCUT2D eigenvalue weighted by molar-refractivity contribution is -0.120. The van der Waals surface area contributed by atoms with Crippen LogP contribution in [-0.4, -0.2) is 18.5 Å². The van der Waals surface area contributed by atoms with Gasteiger partial charge in [-0.2, -0.15) is 5.26 Å². The molecule has 2 rings (SSSR count). The van der Waals surface area contributed by atoms with Crippen molar-refractivity contribution in [2.45, 2.75) is 13.3 Å². The van der Waals surface area contributed by atoms with Gasteiger partial charge in [-0.15, -0.1) is 0 Å². The first-order valence-electron chi connectivity index (χ1n) is 5.35. The zero-order valence-electron chi connectivity index (χ0n) is 9.66. The first-order valence-corrected chi connectivity index (χ1v) is 5.73. The smallest absolute Gasteiger partial charge is 0.292 e. The van der Waals surface area contributed by atoms with Gasteiger partial charge in [0, 0.05) is 13.0 Å². The minimum Gasteiger partial charge on any atom is -0.292 e. The Balaban J connectivity index is 2.44. The summed E-state index contributed by atoms with van der Waals surface area (Å²) >= 11 is 6.12. The Hall–Kier alpha value is -2.06. The Labute approximate surface area is 109 Å². The Bertz CT molecular complexity index is 577. The monoisotopic (exact) mass is 263 g/mol. The van der Waals surface area contributed by atoms with E-state index in [4.69, 9.17) is 16.9 Å². The third kappa shape index (κ3) is 2.03. The largest absolute Gasteiger partial charge is 0.328 e. The van der Waals surface area contributed by atoms with E-state index in [1.807, 2.05) is 6.07 Å². The fraction of sp³-hybridized carbons (Fsp3) is 0.250. The van der Waals surface area contributed by atoms with Crippen LogP contribution in [0.25, 0.3) is 0 Å². The predicted molar refractivity (Wildman–Crippen MR) is 66.4 cm³/mol. The minimum absolute atomic E-state index is 0.220. The van der Waals surface area contributed by atoms with Crippen molar-refractivity contribution < 1.29 is 9.59 Å². The van der Waals surface area contributed by atoms with Crippen LogP contribution in [0.1, 0.15) is 17.5 Å². The Morgan fingerprint density at radius 1 is 1.44 bits per heavy atom. The molecule has 0 spiro atoms. The second kappa shape index (κ2) is 4.67. The molecule has 0 radical (unpaired) electrons. The number of rotatable bonds is 1. The van der Waals surface area contributed by atoms with Gasteiger partial charge in [0.1, 0.15) is 6.07 Å². The number of carbonyl (C=O) groups is 2. The van der Waals surface area contributed by atoms with Crippen LogP contribution in [0, 0.1) is 18.3 Å². The molecule has 0 unspecified atom stereocenters. The fourth-order valence-electron chi connectivity index (χ4n) is 1.80. The maximum absolute atomic E-state index is 11.7. The number of halogens is 1. The summed E-state index contributed by atoms with van der Waals surface area (Å²) in [5.74, 6) is -0.306. The molecule has 92 valence electrons. The average molecular weight is 264 g/mol. The van der Waals surface area contributed by atoms with E-state index < -0.39 is 6.03 Å². The lowest BCUT2D eigenvalue weighted by Gasteiger charge is -2.27. The summed E-state index contributed by atoms with van der Waals surface area (Å²) in [5, 5.41) is 11.5. The second-order valence-corrected chi connectivity index (χ2v) is 4.34. The average Bonchev–Trinajstić information content (AvgIpc) is 2.31. The summed E-state index contributed by atoms with van der Waals surface area (Å²) in [5.41, 5.74) is 1.54. The Morgan fingerprint density at radius 2 is 2.17 bits per heavy atom. The summed E-state index contributed by atoms with van der Waals surface area (Å²) in [6, 6.07) is 4.90. The number of nitrogens with zero attached hydrogens (tertiary/aromatic N) is 2. The standard InChI is InChI=1S/C12H10ClN3O2/c1-7-2-3-9(11(13)8(7)6-14)16-5-4-10(17)15-12(16)18/h2-3H,4-5H2,1H3,(H,15,17,18). The van der Waals surface area contributed by atoms with E-state index in [2.05, 4.69) is 5.32 Å². The van der Waals surface area contributed by atoms with E-state index in [1.165, 1.54) is 4.90 Å². The summed E-state index contributed by atoms with van der Waals surface area (Å²) in [4.78, 5) is 24.1. The summed E-state index contributed by atoms with van der Waals surface area (Å²) in [7, 11) is 0. The van der Waals surface area contributed by atoms with Crippen molar-refractivity contribution in [1.29, 1.82) is 5.26 Å². The summed E-state index contributed by atoms with van der Waals surface area (Å²) < 4.78 is 0. The Kier molecular flexibility index (Phi) is 3.21. The summed E-state index contributed by atoms with van der Waals surface area (Å²) in [6.45, 7) is 2.03. The molecule has 1 N–H and O–H groups in total. The van der Waals surface area contributed by atoms with E-state index in [9.17, 15) is 9.59 Å². The van der Waals surface area contributed by atoms with Gasteiger partial charge in [0.05, 0.1) is 16.3 Å². The molecule has 3 amide bonds. The molecule has 5 nitrogen and oxygen atoms in total. The number of imide groups is 1. The number of urea groups is 1. The van der Waals surface area contributed by atoms with Crippen LogP contribution in [0.3, 0.4) is 0 Å². The van der Waals surface area contributed by atoms with Crippen molar-refractivity contribution >= 4 is 29.2 Å². The highest BCUT2D eigenvalue weighted by Gasteiger charge is 2.26. The van der Waals surface area contributed by atoms with Crippen LogP contribution in [-0.2, 0) is 4.79 Å². The molecule has 0 aliphatic carbocycles. The number of hydrogen-bond donors (Lipinski definition) is 1. The molecule has 1 aromatic carbocycles. The van der Waals surface area contributed by atoms with Gasteiger partial charge in [0.2, 0.25) is 5.91 Å². The fourth-order valence-corrected chi connectivity index (χ4v) is 2.16. The molecule has 0 atom stereocenters. The number of nitrogens with one attached hydrogen (secondary N) is 1. The van der Waals surface area contributed by atoms with E-state index >= 15 is 0 Å². The first kappa shape index (κ1) is 12.4. The number of anilines is 1. The molecule has 1 aliphatic heterocycles.